The highest BCUT2D eigenvalue weighted by Gasteiger charge is 2.23. The van der Waals surface area contributed by atoms with Crippen molar-refractivity contribution in [3.8, 4) is 5.75 Å². The molecule has 0 unspecified atom stereocenters. The van der Waals surface area contributed by atoms with Crippen LogP contribution in [0.25, 0.3) is 0 Å². The van der Waals surface area contributed by atoms with Crippen molar-refractivity contribution in [2.75, 3.05) is 32.8 Å². The van der Waals surface area contributed by atoms with Crippen molar-refractivity contribution >= 4 is 11.8 Å². The minimum atomic E-state index is -0.357. The summed E-state index contributed by atoms with van der Waals surface area (Å²) >= 11 is 0. The fraction of sp³-hybridized carbons (Fsp3) is 0.333. The number of carbonyl (C=O) groups is 2. The van der Waals surface area contributed by atoms with E-state index in [1.165, 1.54) is 42.9 Å². The number of hydrogen-bond donors (Lipinski definition) is 0. The molecule has 8 heteroatoms. The molecule has 1 aromatic heterocycles. The molecule has 0 atom stereocenters. The summed E-state index contributed by atoms with van der Waals surface area (Å²) in [5, 5.41) is 0. The van der Waals surface area contributed by atoms with Crippen molar-refractivity contribution in [3.63, 3.8) is 0 Å². The lowest BCUT2D eigenvalue weighted by atomic mass is 10.3. The summed E-state index contributed by atoms with van der Waals surface area (Å²) in [7, 11) is 0. The highest BCUT2D eigenvalue weighted by atomic mass is 19.1. The number of ether oxygens (including phenoxy) is 1. The molecule has 2 amide bonds. The molecule has 1 aliphatic heterocycles. The Kier molecular flexibility index (Phi) is 5.73. The Hall–Kier alpha value is -3.03. The fourth-order valence-electron chi connectivity index (χ4n) is 2.71. The molecule has 26 heavy (non-hydrogen) atoms. The first-order chi connectivity index (χ1) is 12.6. The van der Waals surface area contributed by atoms with Gasteiger partial charge in [0.25, 0.3) is 11.8 Å². The molecule has 0 radical (unpaired) electrons. The second-order valence-corrected chi connectivity index (χ2v) is 5.86. The number of amides is 2. The Balaban J connectivity index is 1.52. The summed E-state index contributed by atoms with van der Waals surface area (Å²) < 4.78 is 18.3. The third-order valence-electron chi connectivity index (χ3n) is 4.09. The van der Waals surface area contributed by atoms with Crippen LogP contribution in [0.5, 0.6) is 5.75 Å². The van der Waals surface area contributed by atoms with Crippen molar-refractivity contribution in [1.82, 2.24) is 19.8 Å². The van der Waals surface area contributed by atoms with Gasteiger partial charge in [0.2, 0.25) is 0 Å². The van der Waals surface area contributed by atoms with Crippen LogP contribution in [0.3, 0.4) is 0 Å². The molecule has 136 valence electrons. The Labute approximate surface area is 150 Å². The Morgan fingerprint density at radius 2 is 1.77 bits per heavy atom. The van der Waals surface area contributed by atoms with E-state index < -0.39 is 0 Å². The Morgan fingerprint density at radius 1 is 1.04 bits per heavy atom. The van der Waals surface area contributed by atoms with Gasteiger partial charge in [-0.3, -0.25) is 14.6 Å². The molecule has 1 fully saturated rings. The van der Waals surface area contributed by atoms with Gasteiger partial charge in [-0.25, -0.2) is 9.37 Å². The van der Waals surface area contributed by atoms with Gasteiger partial charge in [-0.1, -0.05) is 0 Å². The van der Waals surface area contributed by atoms with Crippen LogP contribution in [0.15, 0.2) is 42.9 Å². The van der Waals surface area contributed by atoms with Gasteiger partial charge in [0.05, 0.1) is 6.20 Å². The lowest BCUT2D eigenvalue weighted by Crippen LogP contribution is -2.39. The van der Waals surface area contributed by atoms with E-state index in [2.05, 4.69) is 9.97 Å². The van der Waals surface area contributed by atoms with E-state index in [0.29, 0.717) is 44.0 Å². The summed E-state index contributed by atoms with van der Waals surface area (Å²) in [5.41, 5.74) is 0.298. The molecule has 1 aromatic carbocycles. The second-order valence-electron chi connectivity index (χ2n) is 5.86. The largest absolute Gasteiger partial charge is 0.484 e. The Bertz CT molecular complexity index is 755. The number of halogens is 1. The SMILES string of the molecule is O=C(COc1ccc(F)cc1)N1CCCN(C(=O)c2cnccn2)CC1. The first-order valence-corrected chi connectivity index (χ1v) is 8.35. The molecule has 0 saturated carbocycles. The summed E-state index contributed by atoms with van der Waals surface area (Å²) in [6, 6.07) is 5.52. The van der Waals surface area contributed by atoms with E-state index in [4.69, 9.17) is 4.74 Å². The molecule has 0 spiro atoms. The minimum absolute atomic E-state index is 0.121. The molecule has 2 aromatic rings. The quantitative estimate of drug-likeness (QED) is 0.825. The molecule has 1 aliphatic rings. The van der Waals surface area contributed by atoms with Gasteiger partial charge in [0.1, 0.15) is 17.3 Å². The maximum Gasteiger partial charge on any atom is 0.274 e. The van der Waals surface area contributed by atoms with Crippen LogP contribution in [0.2, 0.25) is 0 Å². The third kappa shape index (κ3) is 4.53. The van der Waals surface area contributed by atoms with Crippen LogP contribution in [-0.4, -0.2) is 64.4 Å². The summed E-state index contributed by atoms with van der Waals surface area (Å²) in [5.74, 6) is -0.267. The maximum atomic E-state index is 12.9. The van der Waals surface area contributed by atoms with E-state index in [1.807, 2.05) is 0 Å². The van der Waals surface area contributed by atoms with Crippen LogP contribution in [0, 0.1) is 5.82 Å². The molecule has 0 aliphatic carbocycles. The van der Waals surface area contributed by atoms with Gasteiger partial charge < -0.3 is 14.5 Å². The predicted molar refractivity (Wildman–Crippen MR) is 91.0 cm³/mol. The van der Waals surface area contributed by atoms with Gasteiger partial charge in [-0.15, -0.1) is 0 Å². The Morgan fingerprint density at radius 3 is 2.50 bits per heavy atom. The fourth-order valence-corrected chi connectivity index (χ4v) is 2.71. The first-order valence-electron chi connectivity index (χ1n) is 8.35. The van der Waals surface area contributed by atoms with E-state index in [1.54, 1.807) is 9.80 Å². The third-order valence-corrected chi connectivity index (χ3v) is 4.09. The van der Waals surface area contributed by atoms with E-state index in [9.17, 15) is 14.0 Å². The highest BCUT2D eigenvalue weighted by Crippen LogP contribution is 2.12. The average Bonchev–Trinajstić information content (AvgIpc) is 2.94. The standard InChI is InChI=1S/C18H19FN4O3/c19-14-2-4-15(5-3-14)26-13-17(24)22-8-1-9-23(11-10-22)18(25)16-12-20-6-7-21-16/h2-7,12H,1,8-11,13H2. The summed E-state index contributed by atoms with van der Waals surface area (Å²) in [6.45, 7) is 1.84. The average molecular weight is 358 g/mol. The zero-order valence-electron chi connectivity index (χ0n) is 14.2. The highest BCUT2D eigenvalue weighted by molar-refractivity contribution is 5.92. The number of benzene rings is 1. The maximum absolute atomic E-state index is 12.9. The van der Waals surface area contributed by atoms with Gasteiger partial charge >= 0.3 is 0 Å². The zero-order chi connectivity index (χ0) is 18.4. The molecule has 2 heterocycles. The van der Waals surface area contributed by atoms with Crippen LogP contribution < -0.4 is 4.74 Å². The smallest absolute Gasteiger partial charge is 0.274 e. The number of carbonyl (C=O) groups excluding carboxylic acids is 2. The summed E-state index contributed by atoms with van der Waals surface area (Å²) in [6.07, 6.45) is 5.11. The van der Waals surface area contributed by atoms with Crippen LogP contribution in [-0.2, 0) is 4.79 Å². The lowest BCUT2D eigenvalue weighted by Gasteiger charge is -2.22. The van der Waals surface area contributed by atoms with Crippen molar-refractivity contribution in [1.29, 1.82) is 0 Å². The van der Waals surface area contributed by atoms with Gasteiger partial charge in [-0.2, -0.15) is 0 Å². The van der Waals surface area contributed by atoms with E-state index in [0.717, 1.165) is 0 Å². The first kappa shape index (κ1) is 17.8. The van der Waals surface area contributed by atoms with E-state index in [-0.39, 0.29) is 24.2 Å². The lowest BCUT2D eigenvalue weighted by molar-refractivity contribution is -0.133. The van der Waals surface area contributed by atoms with Crippen molar-refractivity contribution < 1.29 is 18.7 Å². The topological polar surface area (TPSA) is 75.6 Å². The number of rotatable bonds is 4. The van der Waals surface area contributed by atoms with Crippen LogP contribution in [0.4, 0.5) is 4.39 Å². The van der Waals surface area contributed by atoms with Gasteiger partial charge in [-0.05, 0) is 30.7 Å². The molecule has 3 rings (SSSR count). The molecular weight excluding hydrogens is 339 g/mol. The van der Waals surface area contributed by atoms with Gasteiger partial charge in [0.15, 0.2) is 6.61 Å². The zero-order valence-corrected chi connectivity index (χ0v) is 14.2. The normalized spacial score (nSPS) is 14.7. The van der Waals surface area contributed by atoms with Gasteiger partial charge in [0, 0.05) is 38.6 Å². The summed E-state index contributed by atoms with van der Waals surface area (Å²) in [4.78, 5) is 36.1. The van der Waals surface area contributed by atoms with Crippen LogP contribution >= 0.6 is 0 Å². The second kappa shape index (κ2) is 8.37. The number of hydrogen-bond acceptors (Lipinski definition) is 5. The van der Waals surface area contributed by atoms with Crippen molar-refractivity contribution in [2.24, 2.45) is 0 Å². The minimum Gasteiger partial charge on any atom is -0.484 e. The number of nitrogens with zero attached hydrogens (tertiary/aromatic N) is 4. The van der Waals surface area contributed by atoms with Crippen LogP contribution in [0.1, 0.15) is 16.9 Å². The molecule has 1 saturated heterocycles. The monoisotopic (exact) mass is 358 g/mol. The molecule has 7 nitrogen and oxygen atoms in total. The number of aromatic nitrogens is 2. The molecular formula is C18H19FN4O3. The van der Waals surface area contributed by atoms with Crippen molar-refractivity contribution in [3.05, 3.63) is 54.4 Å². The molecule has 0 bridgehead atoms. The predicted octanol–water partition coefficient (Wildman–Crippen LogP) is 1.37. The van der Waals surface area contributed by atoms with E-state index >= 15 is 0 Å². The molecule has 0 N–H and O–H groups in total. The van der Waals surface area contributed by atoms with Crippen molar-refractivity contribution in [2.45, 2.75) is 6.42 Å².